The van der Waals surface area contributed by atoms with Gasteiger partial charge in [0.1, 0.15) is 23.7 Å². The van der Waals surface area contributed by atoms with Crippen LogP contribution in [-0.2, 0) is 36.7 Å². The van der Waals surface area contributed by atoms with E-state index in [9.17, 15) is 0 Å². The van der Waals surface area contributed by atoms with Crippen LogP contribution in [0.2, 0.25) is 6.82 Å². The highest BCUT2D eigenvalue weighted by molar-refractivity contribution is 7.99. The van der Waals surface area contributed by atoms with E-state index >= 15 is 0 Å². The number of rotatable bonds is 8. The van der Waals surface area contributed by atoms with Crippen molar-refractivity contribution >= 4 is 18.9 Å². The summed E-state index contributed by atoms with van der Waals surface area (Å²) in [5.41, 5.74) is 1.95. The predicted octanol–water partition coefficient (Wildman–Crippen LogP) is 5.21. The standard InChI is InChI=1S/C27H29BO5S/c1-28-31-19-23-24(33-28)25(29-17-20-11-5-2-6-12-20)26(30-18-21-13-7-3-8-14-21)27(32-23)34-22-15-9-4-10-16-22/h2-16,23-27H,17-19H2,1H3. The molecule has 7 heteroatoms. The molecule has 5 rings (SSSR count). The van der Waals surface area contributed by atoms with Crippen LogP contribution in [0.3, 0.4) is 0 Å². The predicted molar refractivity (Wildman–Crippen MR) is 133 cm³/mol. The van der Waals surface area contributed by atoms with Crippen LogP contribution in [0.25, 0.3) is 0 Å². The zero-order valence-corrected chi connectivity index (χ0v) is 20.0. The molecule has 0 radical (unpaired) electrons. The number of thioether (sulfide) groups is 1. The molecule has 5 unspecified atom stereocenters. The lowest BCUT2D eigenvalue weighted by Gasteiger charge is -2.48. The molecule has 3 aromatic rings. The highest BCUT2D eigenvalue weighted by Crippen LogP contribution is 2.39. The smallest absolute Gasteiger partial charge is 0.408 e. The van der Waals surface area contributed by atoms with Crippen molar-refractivity contribution in [1.29, 1.82) is 0 Å². The van der Waals surface area contributed by atoms with Gasteiger partial charge in [-0.15, -0.1) is 0 Å². The van der Waals surface area contributed by atoms with E-state index in [4.69, 9.17) is 23.5 Å². The van der Waals surface area contributed by atoms with E-state index in [2.05, 4.69) is 36.4 Å². The lowest BCUT2D eigenvalue weighted by Crippen LogP contribution is -2.63. The molecular weight excluding hydrogens is 447 g/mol. The molecule has 0 N–H and O–H groups in total. The van der Waals surface area contributed by atoms with Crippen molar-refractivity contribution in [2.45, 2.75) is 54.8 Å². The molecular formula is C27H29BO5S. The largest absolute Gasteiger partial charge is 0.454 e. The first-order valence-electron chi connectivity index (χ1n) is 11.7. The second kappa shape index (κ2) is 11.5. The van der Waals surface area contributed by atoms with Crippen molar-refractivity contribution < 1.29 is 23.5 Å². The molecule has 2 fully saturated rings. The Labute approximate surface area is 205 Å². The van der Waals surface area contributed by atoms with Crippen molar-refractivity contribution in [1.82, 2.24) is 0 Å². The van der Waals surface area contributed by atoms with E-state index in [1.54, 1.807) is 11.8 Å². The van der Waals surface area contributed by atoms with Crippen LogP contribution in [-0.4, -0.2) is 43.6 Å². The van der Waals surface area contributed by atoms with Gasteiger partial charge in [0, 0.05) is 4.90 Å². The summed E-state index contributed by atoms with van der Waals surface area (Å²) in [5.74, 6) is 0. The van der Waals surface area contributed by atoms with Crippen LogP contribution >= 0.6 is 11.8 Å². The summed E-state index contributed by atoms with van der Waals surface area (Å²) >= 11 is 1.65. The molecule has 2 aliphatic rings. The Morgan fingerprint density at radius 2 is 1.35 bits per heavy atom. The molecule has 176 valence electrons. The highest BCUT2D eigenvalue weighted by atomic mass is 32.2. The summed E-state index contributed by atoms with van der Waals surface area (Å²) in [6.45, 7) is 3.32. The quantitative estimate of drug-likeness (QED) is 0.416. The molecule has 34 heavy (non-hydrogen) atoms. The highest BCUT2D eigenvalue weighted by Gasteiger charge is 2.51. The molecule has 2 aliphatic heterocycles. The van der Waals surface area contributed by atoms with Gasteiger partial charge in [0.25, 0.3) is 0 Å². The molecule has 0 aromatic heterocycles. The fourth-order valence-electron chi connectivity index (χ4n) is 4.30. The zero-order valence-electron chi connectivity index (χ0n) is 19.2. The Morgan fingerprint density at radius 1 is 0.794 bits per heavy atom. The maximum atomic E-state index is 6.56. The van der Waals surface area contributed by atoms with Gasteiger partial charge in [-0.3, -0.25) is 0 Å². The average molecular weight is 476 g/mol. The van der Waals surface area contributed by atoms with Crippen LogP contribution in [0.5, 0.6) is 0 Å². The minimum atomic E-state index is -0.333. The summed E-state index contributed by atoms with van der Waals surface area (Å²) in [5, 5.41) is 0. The zero-order chi connectivity index (χ0) is 23.2. The summed E-state index contributed by atoms with van der Waals surface area (Å²) in [6, 6.07) is 30.6. The average Bonchev–Trinajstić information content (AvgIpc) is 2.88. The lowest BCUT2D eigenvalue weighted by atomic mass is 9.88. The van der Waals surface area contributed by atoms with Crippen molar-refractivity contribution in [3.63, 3.8) is 0 Å². The first kappa shape index (κ1) is 23.6. The summed E-state index contributed by atoms with van der Waals surface area (Å²) in [4.78, 5) is 1.12. The van der Waals surface area contributed by atoms with Gasteiger partial charge in [-0.05, 0) is 30.1 Å². The molecule has 0 saturated carbocycles. The van der Waals surface area contributed by atoms with Crippen LogP contribution in [0.15, 0.2) is 95.9 Å². The van der Waals surface area contributed by atoms with Gasteiger partial charge in [0.05, 0.1) is 25.9 Å². The molecule has 0 aliphatic carbocycles. The number of hydrogen-bond donors (Lipinski definition) is 0. The van der Waals surface area contributed by atoms with Crippen molar-refractivity contribution in [3.05, 3.63) is 102 Å². The van der Waals surface area contributed by atoms with Crippen LogP contribution in [0, 0.1) is 0 Å². The number of ether oxygens (including phenoxy) is 3. The minimum absolute atomic E-state index is 0.227. The Bertz CT molecular complexity index is 1010. The third kappa shape index (κ3) is 5.92. The number of fused-ring (bicyclic) bond motifs is 1. The van der Waals surface area contributed by atoms with Gasteiger partial charge in [-0.1, -0.05) is 90.6 Å². The number of benzene rings is 3. The number of hydrogen-bond acceptors (Lipinski definition) is 6. The van der Waals surface area contributed by atoms with Crippen molar-refractivity contribution in [2.75, 3.05) is 6.61 Å². The first-order valence-corrected chi connectivity index (χ1v) is 12.6. The molecule has 5 atom stereocenters. The molecule has 3 aromatic carbocycles. The van der Waals surface area contributed by atoms with Crippen molar-refractivity contribution in [3.8, 4) is 0 Å². The SMILES string of the molecule is CB1OCC2OC(Sc3ccccc3)C(OCc3ccccc3)C(OCc3ccccc3)C2O1. The Morgan fingerprint density at radius 3 is 1.97 bits per heavy atom. The third-order valence-electron chi connectivity index (χ3n) is 6.00. The van der Waals surface area contributed by atoms with Gasteiger partial charge in [-0.25, -0.2) is 0 Å². The van der Waals surface area contributed by atoms with Gasteiger partial charge in [-0.2, -0.15) is 0 Å². The fourth-order valence-corrected chi connectivity index (χ4v) is 5.44. The van der Waals surface area contributed by atoms with E-state index in [0.29, 0.717) is 19.8 Å². The van der Waals surface area contributed by atoms with Gasteiger partial charge >= 0.3 is 7.12 Å². The summed E-state index contributed by atoms with van der Waals surface area (Å²) in [7, 11) is -0.319. The van der Waals surface area contributed by atoms with E-state index < -0.39 is 0 Å². The van der Waals surface area contributed by atoms with E-state index in [1.165, 1.54) is 0 Å². The normalized spacial score (nSPS) is 26.7. The van der Waals surface area contributed by atoms with Gasteiger partial charge in [0.15, 0.2) is 0 Å². The summed E-state index contributed by atoms with van der Waals surface area (Å²) < 4.78 is 31.6. The Balaban J connectivity index is 1.41. The lowest BCUT2D eigenvalue weighted by molar-refractivity contribution is -0.244. The second-order valence-corrected chi connectivity index (χ2v) is 9.67. The van der Waals surface area contributed by atoms with Crippen LogP contribution in [0.1, 0.15) is 11.1 Å². The van der Waals surface area contributed by atoms with Gasteiger partial charge in [0.2, 0.25) is 0 Å². The monoisotopic (exact) mass is 476 g/mol. The minimum Gasteiger partial charge on any atom is -0.408 e. The van der Waals surface area contributed by atoms with Gasteiger partial charge < -0.3 is 23.5 Å². The van der Waals surface area contributed by atoms with Crippen molar-refractivity contribution in [2.24, 2.45) is 0 Å². The maximum absolute atomic E-state index is 6.56. The van der Waals surface area contributed by atoms with E-state index in [0.717, 1.165) is 16.0 Å². The molecule has 0 amide bonds. The third-order valence-corrected chi connectivity index (χ3v) is 7.16. The molecule has 0 spiro atoms. The fraction of sp³-hybridized carbons (Fsp3) is 0.333. The maximum Gasteiger partial charge on any atom is 0.454 e. The van der Waals surface area contributed by atoms with Crippen LogP contribution in [0.4, 0.5) is 0 Å². The molecule has 0 bridgehead atoms. The Hall–Kier alpha value is -2.13. The van der Waals surface area contributed by atoms with E-state index in [-0.39, 0.29) is 37.0 Å². The summed E-state index contributed by atoms with van der Waals surface area (Å²) in [6.07, 6.45) is -1.15. The molecule has 5 nitrogen and oxygen atoms in total. The Kier molecular flexibility index (Phi) is 8.01. The molecule has 2 saturated heterocycles. The second-order valence-electron chi connectivity index (χ2n) is 8.50. The topological polar surface area (TPSA) is 46.2 Å². The van der Waals surface area contributed by atoms with Crippen LogP contribution < -0.4 is 0 Å². The first-order chi connectivity index (χ1) is 16.8. The van der Waals surface area contributed by atoms with E-state index in [1.807, 2.05) is 61.4 Å². The molecule has 2 heterocycles.